The second kappa shape index (κ2) is 7.48. The molecular weight excluding hydrogens is 392 g/mol. The number of pyridine rings is 2. The van der Waals surface area contributed by atoms with Crippen LogP contribution in [0.25, 0.3) is 11.3 Å². The Balaban J connectivity index is 0.00000161. The van der Waals surface area contributed by atoms with Gasteiger partial charge in [0.05, 0.1) is 5.69 Å². The zero-order chi connectivity index (χ0) is 13.8. The quantitative estimate of drug-likeness (QED) is 0.590. The normalized spacial score (nSPS) is 9.95. The molecule has 0 saturated carbocycles. The predicted molar refractivity (Wildman–Crippen MR) is 83.1 cm³/mol. The van der Waals surface area contributed by atoms with Gasteiger partial charge >= 0.3 is 0 Å². The summed E-state index contributed by atoms with van der Waals surface area (Å²) < 4.78 is 3.22. The summed E-state index contributed by atoms with van der Waals surface area (Å²) >= 11 is 3.44. The van der Waals surface area contributed by atoms with Crippen LogP contribution in [0.3, 0.4) is 0 Å². The van der Waals surface area contributed by atoms with Gasteiger partial charge in [0.25, 0.3) is 0 Å². The zero-order valence-electron chi connectivity index (χ0n) is 11.3. The average molecular weight is 406 g/mol. The molecule has 0 amide bonds. The maximum absolute atomic E-state index is 4.55. The molecule has 0 aliphatic heterocycles. The van der Waals surface area contributed by atoms with E-state index in [-0.39, 0.29) is 17.0 Å². The van der Waals surface area contributed by atoms with Crippen molar-refractivity contribution in [3.8, 4) is 11.3 Å². The Morgan fingerprint density at radius 1 is 0.905 bits per heavy atom. The molecule has 0 radical (unpaired) electrons. The lowest BCUT2D eigenvalue weighted by molar-refractivity contribution is -0.688. The van der Waals surface area contributed by atoms with Crippen LogP contribution >= 0.6 is 15.9 Å². The second-order valence-electron chi connectivity index (χ2n) is 4.61. The maximum atomic E-state index is 4.55. The van der Waals surface area contributed by atoms with E-state index in [1.165, 1.54) is 5.56 Å². The molecular formula is C17H14Br2N2. The lowest BCUT2D eigenvalue weighted by Gasteiger charge is -2.02. The van der Waals surface area contributed by atoms with Crippen LogP contribution in [-0.2, 0) is 6.54 Å². The molecule has 106 valence electrons. The fraction of sp³-hybridized carbons (Fsp3) is 0.0588. The minimum Gasteiger partial charge on any atom is -1.00 e. The van der Waals surface area contributed by atoms with Crippen LogP contribution in [0.1, 0.15) is 5.56 Å². The third-order valence-electron chi connectivity index (χ3n) is 3.11. The van der Waals surface area contributed by atoms with E-state index < -0.39 is 0 Å². The number of aromatic nitrogens is 2. The molecule has 21 heavy (non-hydrogen) atoms. The molecule has 0 unspecified atom stereocenters. The van der Waals surface area contributed by atoms with Crippen LogP contribution in [0.5, 0.6) is 0 Å². The lowest BCUT2D eigenvalue weighted by Crippen LogP contribution is -3.00. The van der Waals surface area contributed by atoms with Crippen molar-refractivity contribution in [2.24, 2.45) is 0 Å². The number of hydrogen-bond donors (Lipinski definition) is 0. The Morgan fingerprint density at radius 3 is 2.24 bits per heavy atom. The standard InChI is InChI=1S/C17H14BrN2.BrH/c18-16-7-5-15(6-8-16)17-9-4-14(12-19-17)13-20-10-2-1-3-11-20;/h1-12H,13H2;1H/q+1;/p-1. The fourth-order valence-corrected chi connectivity index (χ4v) is 2.32. The van der Waals surface area contributed by atoms with Crippen molar-refractivity contribution in [3.05, 3.63) is 83.2 Å². The van der Waals surface area contributed by atoms with E-state index in [1.807, 2.05) is 36.5 Å². The molecule has 1 aromatic carbocycles. The molecule has 3 rings (SSSR count). The summed E-state index contributed by atoms with van der Waals surface area (Å²) in [6, 6.07) is 18.5. The summed E-state index contributed by atoms with van der Waals surface area (Å²) in [4.78, 5) is 4.55. The van der Waals surface area contributed by atoms with Crippen molar-refractivity contribution in [1.29, 1.82) is 0 Å². The van der Waals surface area contributed by atoms with Crippen molar-refractivity contribution < 1.29 is 21.5 Å². The number of rotatable bonds is 3. The van der Waals surface area contributed by atoms with Gasteiger partial charge in [-0.15, -0.1) is 0 Å². The van der Waals surface area contributed by atoms with Gasteiger partial charge in [0.15, 0.2) is 18.9 Å². The Labute approximate surface area is 143 Å². The highest BCUT2D eigenvalue weighted by atomic mass is 79.9. The maximum Gasteiger partial charge on any atom is 0.175 e. The van der Waals surface area contributed by atoms with E-state index in [1.54, 1.807) is 0 Å². The molecule has 0 fully saturated rings. The minimum absolute atomic E-state index is 0. The molecule has 0 N–H and O–H groups in total. The Kier molecular flexibility index (Phi) is 5.65. The van der Waals surface area contributed by atoms with Crippen molar-refractivity contribution >= 4 is 15.9 Å². The molecule has 0 aliphatic carbocycles. The van der Waals surface area contributed by atoms with E-state index in [0.717, 1.165) is 22.3 Å². The molecule has 4 heteroatoms. The molecule has 2 heterocycles. The largest absolute Gasteiger partial charge is 1.00 e. The van der Waals surface area contributed by atoms with Crippen LogP contribution < -0.4 is 21.5 Å². The van der Waals surface area contributed by atoms with E-state index in [2.05, 4.69) is 62.1 Å². The Hall–Kier alpha value is -1.52. The number of halogens is 2. The molecule has 2 nitrogen and oxygen atoms in total. The van der Waals surface area contributed by atoms with Gasteiger partial charge in [0.2, 0.25) is 0 Å². The van der Waals surface area contributed by atoms with Gasteiger partial charge in [-0.25, -0.2) is 4.57 Å². The summed E-state index contributed by atoms with van der Waals surface area (Å²) in [5.41, 5.74) is 3.33. The van der Waals surface area contributed by atoms with Gasteiger partial charge in [0, 0.05) is 33.9 Å². The highest BCUT2D eigenvalue weighted by molar-refractivity contribution is 9.10. The SMILES string of the molecule is Brc1ccc(-c2ccc(C[n+]3ccccc3)cn2)cc1.[Br-]. The molecule has 0 spiro atoms. The van der Waals surface area contributed by atoms with Gasteiger partial charge in [-0.1, -0.05) is 34.1 Å². The van der Waals surface area contributed by atoms with Crippen LogP contribution in [0.15, 0.2) is 77.7 Å². The molecule has 3 aromatic rings. The number of nitrogens with zero attached hydrogens (tertiary/aromatic N) is 2. The average Bonchev–Trinajstić information content (AvgIpc) is 2.50. The first-order chi connectivity index (χ1) is 9.81. The van der Waals surface area contributed by atoms with Crippen molar-refractivity contribution in [2.45, 2.75) is 6.54 Å². The summed E-state index contributed by atoms with van der Waals surface area (Å²) in [5.74, 6) is 0. The van der Waals surface area contributed by atoms with E-state index in [9.17, 15) is 0 Å². The predicted octanol–water partition coefficient (Wildman–Crippen LogP) is 0.851. The minimum atomic E-state index is 0. The van der Waals surface area contributed by atoms with Gasteiger partial charge < -0.3 is 17.0 Å². The smallest absolute Gasteiger partial charge is 0.175 e. The summed E-state index contributed by atoms with van der Waals surface area (Å²) in [6.07, 6.45) is 6.06. The Morgan fingerprint density at radius 2 is 1.62 bits per heavy atom. The fourth-order valence-electron chi connectivity index (χ4n) is 2.06. The van der Waals surface area contributed by atoms with Crippen LogP contribution in [0, 0.1) is 0 Å². The first-order valence-corrected chi connectivity index (χ1v) is 7.25. The summed E-state index contributed by atoms with van der Waals surface area (Å²) in [6.45, 7) is 0.842. The molecule has 0 bridgehead atoms. The molecule has 2 aromatic heterocycles. The number of hydrogen-bond acceptors (Lipinski definition) is 1. The summed E-state index contributed by atoms with van der Waals surface area (Å²) in [5, 5.41) is 0. The van der Waals surface area contributed by atoms with Crippen molar-refractivity contribution in [3.63, 3.8) is 0 Å². The molecule has 0 atom stereocenters. The third kappa shape index (κ3) is 4.22. The van der Waals surface area contributed by atoms with E-state index in [4.69, 9.17) is 0 Å². The first-order valence-electron chi connectivity index (χ1n) is 6.46. The first kappa shape index (κ1) is 15.9. The third-order valence-corrected chi connectivity index (χ3v) is 3.64. The highest BCUT2D eigenvalue weighted by Gasteiger charge is 2.03. The van der Waals surface area contributed by atoms with Crippen LogP contribution in [0.2, 0.25) is 0 Å². The Bertz CT molecular complexity index is 680. The topological polar surface area (TPSA) is 16.8 Å². The van der Waals surface area contributed by atoms with Gasteiger partial charge in [-0.3, -0.25) is 4.98 Å². The zero-order valence-corrected chi connectivity index (χ0v) is 14.5. The summed E-state index contributed by atoms with van der Waals surface area (Å²) in [7, 11) is 0. The van der Waals surface area contributed by atoms with Gasteiger partial charge in [0.1, 0.15) is 0 Å². The van der Waals surface area contributed by atoms with Crippen molar-refractivity contribution in [1.82, 2.24) is 4.98 Å². The molecule has 0 saturated heterocycles. The van der Waals surface area contributed by atoms with E-state index in [0.29, 0.717) is 0 Å². The van der Waals surface area contributed by atoms with E-state index >= 15 is 0 Å². The number of benzene rings is 1. The van der Waals surface area contributed by atoms with Gasteiger partial charge in [-0.2, -0.15) is 0 Å². The van der Waals surface area contributed by atoms with Gasteiger partial charge in [-0.05, 0) is 24.3 Å². The lowest BCUT2D eigenvalue weighted by atomic mass is 10.1. The van der Waals surface area contributed by atoms with Crippen LogP contribution in [0.4, 0.5) is 0 Å². The van der Waals surface area contributed by atoms with Crippen LogP contribution in [-0.4, -0.2) is 4.98 Å². The monoisotopic (exact) mass is 404 g/mol. The van der Waals surface area contributed by atoms with Crippen molar-refractivity contribution in [2.75, 3.05) is 0 Å². The molecule has 0 aliphatic rings. The second-order valence-corrected chi connectivity index (χ2v) is 5.52. The highest BCUT2D eigenvalue weighted by Crippen LogP contribution is 2.19.